The molecule has 0 heterocycles. The molecule has 1 rings (SSSR count). The average Bonchev–Trinajstić information content (AvgIpc) is 2.25. The molecule has 7 heteroatoms. The zero-order valence-corrected chi connectivity index (χ0v) is 8.31. The highest BCUT2D eigenvalue weighted by molar-refractivity contribution is 5.47. The second-order valence-corrected chi connectivity index (χ2v) is 3.22. The van der Waals surface area contributed by atoms with Crippen LogP contribution in [0.2, 0.25) is 0 Å². The highest BCUT2D eigenvalue weighted by Gasteiger charge is 2.58. The number of nitrogens with one attached hydrogen (secondary N) is 1. The van der Waals surface area contributed by atoms with Crippen LogP contribution in [0.1, 0.15) is 11.1 Å². The van der Waals surface area contributed by atoms with E-state index in [1.807, 2.05) is 0 Å². The maximum absolute atomic E-state index is 12.8. The van der Waals surface area contributed by atoms with Gasteiger partial charge in [0, 0.05) is 12.1 Å². The highest BCUT2D eigenvalue weighted by Crippen LogP contribution is 2.43. The first-order valence-corrected chi connectivity index (χ1v) is 4.43. The molecule has 1 N–H and O–H groups in total. The van der Waals surface area contributed by atoms with E-state index in [2.05, 4.69) is 5.32 Å². The number of rotatable bonds is 4. The minimum absolute atomic E-state index is 0.0152. The predicted molar refractivity (Wildman–Crippen MR) is 48.9 cm³/mol. The van der Waals surface area contributed by atoms with Crippen LogP contribution in [0, 0.1) is 0 Å². The van der Waals surface area contributed by atoms with Gasteiger partial charge in [-0.1, -0.05) is 24.3 Å². The Bertz CT molecular complexity index is 385. The second kappa shape index (κ2) is 4.68. The lowest BCUT2D eigenvalue weighted by Crippen LogP contribution is -2.33. The normalized spacial score (nSPS) is 12.3. The van der Waals surface area contributed by atoms with Gasteiger partial charge in [0.15, 0.2) is 0 Å². The third-order valence-electron chi connectivity index (χ3n) is 2.04. The van der Waals surface area contributed by atoms with Crippen molar-refractivity contribution in [1.29, 1.82) is 0 Å². The Morgan fingerprint density at radius 3 is 2.00 bits per heavy atom. The van der Waals surface area contributed by atoms with Crippen LogP contribution < -0.4 is 5.32 Å². The summed E-state index contributed by atoms with van der Waals surface area (Å²) in [5.41, 5.74) is -0.737. The molecule has 0 aromatic heterocycles. The quantitative estimate of drug-likeness (QED) is 0.647. The number of hydrogen-bond acceptors (Lipinski definition) is 1. The van der Waals surface area contributed by atoms with E-state index in [4.69, 9.17) is 0 Å². The van der Waals surface area contributed by atoms with Crippen molar-refractivity contribution in [3.8, 4) is 0 Å². The van der Waals surface area contributed by atoms with E-state index in [0.29, 0.717) is 17.7 Å². The van der Waals surface area contributed by atoms with Crippen LogP contribution in [-0.2, 0) is 17.3 Å². The van der Waals surface area contributed by atoms with Gasteiger partial charge in [0.25, 0.3) is 0 Å². The van der Waals surface area contributed by atoms with Crippen molar-refractivity contribution < 1.29 is 26.7 Å². The Hall–Kier alpha value is -1.66. The summed E-state index contributed by atoms with van der Waals surface area (Å²) in [6.45, 7) is 0.0152. The Balaban J connectivity index is 2.91. The molecule has 17 heavy (non-hydrogen) atoms. The van der Waals surface area contributed by atoms with Crippen LogP contribution in [0.3, 0.4) is 0 Å². The lowest BCUT2D eigenvalue weighted by atomic mass is 10.1. The summed E-state index contributed by atoms with van der Waals surface area (Å²) in [5.74, 6) is -4.88. The Morgan fingerprint density at radius 2 is 1.59 bits per heavy atom. The molecule has 0 aliphatic carbocycles. The number of halogens is 5. The summed E-state index contributed by atoms with van der Waals surface area (Å²) in [6, 6.07) is 3.52. The number of alkyl halides is 5. The van der Waals surface area contributed by atoms with Gasteiger partial charge < -0.3 is 5.32 Å². The number of hydrogen-bond donors (Lipinski definition) is 1. The van der Waals surface area contributed by atoms with E-state index in [1.54, 1.807) is 0 Å². The number of carbonyl (C=O) groups excluding carboxylic acids is 1. The van der Waals surface area contributed by atoms with Crippen molar-refractivity contribution in [2.45, 2.75) is 18.6 Å². The lowest BCUT2D eigenvalue weighted by Gasteiger charge is -2.19. The Kier molecular flexibility index (Phi) is 3.69. The molecule has 0 spiro atoms. The van der Waals surface area contributed by atoms with E-state index < -0.39 is 17.7 Å². The fourth-order valence-electron chi connectivity index (χ4n) is 1.13. The van der Waals surface area contributed by atoms with Crippen molar-refractivity contribution in [1.82, 2.24) is 5.32 Å². The van der Waals surface area contributed by atoms with Gasteiger partial charge in [-0.25, -0.2) is 0 Å². The molecule has 1 aromatic carbocycles. The molecule has 2 nitrogen and oxygen atoms in total. The molecule has 0 atom stereocenters. The first-order valence-electron chi connectivity index (χ1n) is 4.43. The standard InChI is InChI=1S/C10H7F5NO/c11-9(12,10(13,14)15)8-3-1-7(2-4-8)5-16-6-17/h1-4H,5H2,(H,16,17). The topological polar surface area (TPSA) is 29.1 Å². The summed E-state index contributed by atoms with van der Waals surface area (Å²) in [4.78, 5) is 9.83. The minimum Gasteiger partial charge on any atom is -0.344 e. The first kappa shape index (κ1) is 13.4. The van der Waals surface area contributed by atoms with Crippen LogP contribution in [0.4, 0.5) is 22.0 Å². The van der Waals surface area contributed by atoms with Gasteiger partial charge in [-0.05, 0) is 5.56 Å². The molecule has 0 unspecified atom stereocenters. The fraction of sp³-hybridized carbons (Fsp3) is 0.300. The highest BCUT2D eigenvalue weighted by atomic mass is 19.4. The molecule has 0 fully saturated rings. The monoisotopic (exact) mass is 252 g/mol. The van der Waals surface area contributed by atoms with Crippen LogP contribution in [0.25, 0.3) is 0 Å². The largest absolute Gasteiger partial charge is 0.458 e. The van der Waals surface area contributed by atoms with Crippen LogP contribution in [0.15, 0.2) is 24.3 Å². The molecule has 0 saturated heterocycles. The van der Waals surface area contributed by atoms with Gasteiger partial charge in [-0.2, -0.15) is 22.0 Å². The molecular formula is C10H7F5NO. The van der Waals surface area contributed by atoms with Crippen LogP contribution in [-0.4, -0.2) is 12.6 Å². The van der Waals surface area contributed by atoms with E-state index in [1.165, 1.54) is 6.41 Å². The maximum atomic E-state index is 12.8. The zero-order valence-electron chi connectivity index (χ0n) is 8.31. The molecule has 0 bridgehead atoms. The van der Waals surface area contributed by atoms with Gasteiger partial charge in [0.1, 0.15) is 0 Å². The minimum atomic E-state index is -5.62. The second-order valence-electron chi connectivity index (χ2n) is 3.22. The summed E-state index contributed by atoms with van der Waals surface area (Å²) >= 11 is 0. The van der Waals surface area contributed by atoms with Gasteiger partial charge in [-0.15, -0.1) is 0 Å². The van der Waals surface area contributed by atoms with Crippen molar-refractivity contribution in [3.63, 3.8) is 0 Å². The first-order chi connectivity index (χ1) is 7.79. The Morgan fingerprint density at radius 1 is 1.06 bits per heavy atom. The molecule has 0 aliphatic heterocycles. The van der Waals surface area contributed by atoms with E-state index in [-0.39, 0.29) is 6.54 Å². The molecule has 0 saturated carbocycles. The molecule has 93 valence electrons. The van der Waals surface area contributed by atoms with Gasteiger partial charge >= 0.3 is 18.5 Å². The van der Waals surface area contributed by atoms with E-state index in [9.17, 15) is 26.7 Å². The fourth-order valence-corrected chi connectivity index (χ4v) is 1.13. The van der Waals surface area contributed by atoms with Crippen LogP contribution >= 0.6 is 0 Å². The SMILES string of the molecule is O=[C]NCc1ccc(C(F)(F)C(F)(F)F)cc1. The van der Waals surface area contributed by atoms with Crippen molar-refractivity contribution in [2.24, 2.45) is 0 Å². The third kappa shape index (κ3) is 2.92. The lowest BCUT2D eigenvalue weighted by molar-refractivity contribution is -0.289. The van der Waals surface area contributed by atoms with E-state index in [0.717, 1.165) is 12.1 Å². The zero-order chi connectivity index (χ0) is 13.1. The third-order valence-corrected chi connectivity index (χ3v) is 2.04. The van der Waals surface area contributed by atoms with Crippen molar-refractivity contribution in [2.75, 3.05) is 0 Å². The molecule has 0 aliphatic rings. The smallest absolute Gasteiger partial charge is 0.344 e. The maximum Gasteiger partial charge on any atom is 0.458 e. The van der Waals surface area contributed by atoms with Crippen molar-refractivity contribution in [3.05, 3.63) is 35.4 Å². The molecule has 1 radical (unpaired) electrons. The average molecular weight is 252 g/mol. The summed E-state index contributed by atoms with van der Waals surface area (Å²) < 4.78 is 61.7. The molecular weight excluding hydrogens is 245 g/mol. The summed E-state index contributed by atoms with van der Waals surface area (Å²) in [7, 11) is 0. The van der Waals surface area contributed by atoms with Crippen molar-refractivity contribution >= 4 is 6.41 Å². The predicted octanol–water partition coefficient (Wildman–Crippen LogP) is 2.50. The summed E-state index contributed by atoms with van der Waals surface area (Å²) in [6.07, 6.45) is -4.26. The van der Waals surface area contributed by atoms with E-state index >= 15 is 0 Å². The van der Waals surface area contributed by atoms with Gasteiger partial charge in [0.05, 0.1) is 0 Å². The van der Waals surface area contributed by atoms with Gasteiger partial charge in [-0.3, -0.25) is 4.79 Å². The molecule has 1 aromatic rings. The number of amides is 1. The van der Waals surface area contributed by atoms with Gasteiger partial charge in [0.2, 0.25) is 0 Å². The van der Waals surface area contributed by atoms with Crippen LogP contribution in [0.5, 0.6) is 0 Å². The molecule has 1 amide bonds. The summed E-state index contributed by atoms with van der Waals surface area (Å²) in [5, 5.41) is 2.14. The number of benzene rings is 1. The Labute approximate surface area is 93.4 Å².